The molecule has 0 bridgehead atoms. The van der Waals surface area contributed by atoms with Crippen molar-refractivity contribution in [1.82, 2.24) is 4.31 Å². The van der Waals surface area contributed by atoms with E-state index in [2.05, 4.69) is 5.32 Å². The quantitative estimate of drug-likeness (QED) is 0.742. The molecule has 0 radical (unpaired) electrons. The van der Waals surface area contributed by atoms with Crippen LogP contribution in [0, 0.1) is 6.92 Å². The maximum Gasteiger partial charge on any atom is 0.348 e. The SMILES string of the molecule is Cc1ccc(C(=O)OCC(=O)Nc2cccc(S(=O)(=O)N3CCCC3)c2)s1. The zero-order valence-electron chi connectivity index (χ0n) is 14.8. The third-order valence-electron chi connectivity index (χ3n) is 4.10. The Morgan fingerprint density at radius 1 is 1.19 bits per heavy atom. The summed E-state index contributed by atoms with van der Waals surface area (Å²) in [4.78, 5) is 25.4. The van der Waals surface area contributed by atoms with Crippen molar-refractivity contribution in [1.29, 1.82) is 0 Å². The van der Waals surface area contributed by atoms with E-state index in [1.165, 1.54) is 27.8 Å². The van der Waals surface area contributed by atoms with Crippen LogP contribution in [0.4, 0.5) is 5.69 Å². The van der Waals surface area contributed by atoms with Crippen LogP contribution < -0.4 is 5.32 Å². The van der Waals surface area contributed by atoms with E-state index in [9.17, 15) is 18.0 Å². The van der Waals surface area contributed by atoms with E-state index in [4.69, 9.17) is 4.74 Å². The van der Waals surface area contributed by atoms with E-state index in [-0.39, 0.29) is 4.90 Å². The van der Waals surface area contributed by atoms with Gasteiger partial charge in [0, 0.05) is 23.7 Å². The Morgan fingerprint density at radius 3 is 2.59 bits per heavy atom. The second kappa shape index (κ2) is 8.20. The maximum atomic E-state index is 12.6. The van der Waals surface area contributed by atoms with Crippen LogP contribution in [0.5, 0.6) is 0 Å². The predicted molar refractivity (Wildman–Crippen MR) is 102 cm³/mol. The number of esters is 1. The Morgan fingerprint density at radius 2 is 1.93 bits per heavy atom. The van der Waals surface area contributed by atoms with Gasteiger partial charge in [-0.1, -0.05) is 6.07 Å². The summed E-state index contributed by atoms with van der Waals surface area (Å²) in [6.07, 6.45) is 1.70. The topological polar surface area (TPSA) is 92.8 Å². The molecule has 1 saturated heterocycles. The molecule has 1 aromatic heterocycles. The average molecular weight is 409 g/mol. The number of carbonyl (C=O) groups excluding carboxylic acids is 2. The highest BCUT2D eigenvalue weighted by Gasteiger charge is 2.27. The fourth-order valence-electron chi connectivity index (χ4n) is 2.76. The summed E-state index contributed by atoms with van der Waals surface area (Å²) >= 11 is 1.29. The maximum absolute atomic E-state index is 12.6. The normalized spacial score (nSPS) is 14.9. The van der Waals surface area contributed by atoms with E-state index in [1.807, 2.05) is 6.92 Å². The summed E-state index contributed by atoms with van der Waals surface area (Å²) in [6.45, 7) is 2.45. The lowest BCUT2D eigenvalue weighted by Crippen LogP contribution is -2.28. The first-order valence-electron chi connectivity index (χ1n) is 8.50. The minimum Gasteiger partial charge on any atom is -0.451 e. The van der Waals surface area contributed by atoms with Gasteiger partial charge in [0.15, 0.2) is 6.61 Å². The van der Waals surface area contributed by atoms with Crippen LogP contribution in [0.1, 0.15) is 27.4 Å². The van der Waals surface area contributed by atoms with Crippen molar-refractivity contribution in [3.8, 4) is 0 Å². The Hall–Kier alpha value is -2.23. The first-order valence-corrected chi connectivity index (χ1v) is 10.8. The molecule has 9 heteroatoms. The summed E-state index contributed by atoms with van der Waals surface area (Å²) < 4.78 is 31.6. The number of anilines is 1. The van der Waals surface area contributed by atoms with Crippen LogP contribution in [0.2, 0.25) is 0 Å². The number of nitrogens with zero attached hydrogens (tertiary/aromatic N) is 1. The fraction of sp³-hybridized carbons (Fsp3) is 0.333. The van der Waals surface area contributed by atoms with Gasteiger partial charge < -0.3 is 10.1 Å². The Kier molecular flexibility index (Phi) is 5.93. The molecule has 1 fully saturated rings. The number of hydrogen-bond donors (Lipinski definition) is 1. The van der Waals surface area contributed by atoms with Gasteiger partial charge in [0.2, 0.25) is 10.0 Å². The van der Waals surface area contributed by atoms with Crippen LogP contribution in [0.25, 0.3) is 0 Å². The summed E-state index contributed by atoms with van der Waals surface area (Å²) in [5.41, 5.74) is 0.336. The van der Waals surface area contributed by atoms with Gasteiger partial charge in [-0.25, -0.2) is 13.2 Å². The Balaban J connectivity index is 1.60. The third kappa shape index (κ3) is 4.74. The molecular formula is C18H20N2O5S2. The standard InChI is InChI=1S/C18H20N2O5S2/c1-13-7-8-16(26-13)18(22)25-12-17(21)19-14-5-4-6-15(11-14)27(23,24)20-9-2-3-10-20/h4-8,11H,2-3,9-10,12H2,1H3,(H,19,21). The first kappa shape index (κ1) is 19.5. The summed E-state index contributed by atoms with van der Waals surface area (Å²) in [7, 11) is -3.56. The molecule has 2 aromatic rings. The molecule has 27 heavy (non-hydrogen) atoms. The van der Waals surface area contributed by atoms with Gasteiger partial charge in [-0.15, -0.1) is 11.3 Å². The Labute approximate surface area is 162 Å². The van der Waals surface area contributed by atoms with Gasteiger partial charge in [0.25, 0.3) is 5.91 Å². The Bertz CT molecular complexity index is 946. The average Bonchev–Trinajstić information content (AvgIpc) is 3.32. The lowest BCUT2D eigenvalue weighted by atomic mass is 10.3. The van der Waals surface area contributed by atoms with Crippen LogP contribution in [-0.2, 0) is 19.6 Å². The summed E-state index contributed by atoms with van der Waals surface area (Å²) in [6, 6.07) is 9.52. The molecule has 0 saturated carbocycles. The zero-order chi connectivity index (χ0) is 19.4. The molecule has 0 aliphatic carbocycles. The van der Waals surface area contributed by atoms with E-state index in [1.54, 1.807) is 24.3 Å². The lowest BCUT2D eigenvalue weighted by Gasteiger charge is -2.16. The highest BCUT2D eigenvalue weighted by molar-refractivity contribution is 7.89. The minimum atomic E-state index is -3.56. The molecule has 3 rings (SSSR count). The molecule has 0 spiro atoms. The largest absolute Gasteiger partial charge is 0.451 e. The van der Waals surface area contributed by atoms with E-state index >= 15 is 0 Å². The number of thiophene rings is 1. The lowest BCUT2D eigenvalue weighted by molar-refractivity contribution is -0.119. The molecule has 1 amide bonds. The molecule has 0 atom stereocenters. The van der Waals surface area contributed by atoms with Gasteiger partial charge in [-0.2, -0.15) is 4.31 Å². The van der Waals surface area contributed by atoms with Crippen molar-refractivity contribution < 1.29 is 22.7 Å². The number of carbonyl (C=O) groups is 2. The van der Waals surface area contributed by atoms with Crippen molar-refractivity contribution in [3.05, 3.63) is 46.2 Å². The molecule has 1 aromatic carbocycles. The second-order valence-corrected chi connectivity index (χ2v) is 9.40. The van der Waals surface area contributed by atoms with E-state index in [0.29, 0.717) is 23.7 Å². The number of ether oxygens (including phenoxy) is 1. The van der Waals surface area contributed by atoms with Crippen molar-refractivity contribution in [2.75, 3.05) is 25.0 Å². The van der Waals surface area contributed by atoms with Gasteiger partial charge in [-0.05, 0) is 50.1 Å². The van der Waals surface area contributed by atoms with Crippen molar-refractivity contribution >= 4 is 38.9 Å². The number of sulfonamides is 1. The van der Waals surface area contributed by atoms with Crippen LogP contribution in [-0.4, -0.2) is 44.3 Å². The number of rotatable bonds is 6. The van der Waals surface area contributed by atoms with E-state index < -0.39 is 28.5 Å². The molecule has 144 valence electrons. The summed E-state index contributed by atoms with van der Waals surface area (Å²) in [5.74, 6) is -1.10. The highest BCUT2D eigenvalue weighted by Crippen LogP contribution is 2.23. The van der Waals surface area contributed by atoms with Gasteiger partial charge in [0.1, 0.15) is 4.88 Å². The van der Waals surface area contributed by atoms with Gasteiger partial charge in [0.05, 0.1) is 4.90 Å². The van der Waals surface area contributed by atoms with Gasteiger partial charge >= 0.3 is 5.97 Å². The van der Waals surface area contributed by atoms with Crippen LogP contribution >= 0.6 is 11.3 Å². The molecule has 1 aliphatic rings. The smallest absolute Gasteiger partial charge is 0.348 e. The van der Waals surface area contributed by atoms with Crippen molar-refractivity contribution in [2.24, 2.45) is 0 Å². The molecular weight excluding hydrogens is 388 g/mol. The number of hydrogen-bond acceptors (Lipinski definition) is 6. The molecule has 1 aliphatic heterocycles. The predicted octanol–water partition coefficient (Wildman–Crippen LogP) is 2.64. The number of aryl methyl sites for hydroxylation is 1. The second-order valence-electron chi connectivity index (χ2n) is 6.17. The highest BCUT2D eigenvalue weighted by atomic mass is 32.2. The molecule has 1 N–H and O–H groups in total. The minimum absolute atomic E-state index is 0.133. The fourth-order valence-corrected chi connectivity index (χ4v) is 5.08. The van der Waals surface area contributed by atoms with E-state index in [0.717, 1.165) is 17.7 Å². The van der Waals surface area contributed by atoms with Gasteiger partial charge in [-0.3, -0.25) is 4.79 Å². The first-order chi connectivity index (χ1) is 12.9. The van der Waals surface area contributed by atoms with Crippen LogP contribution in [0.15, 0.2) is 41.3 Å². The summed E-state index contributed by atoms with van der Waals surface area (Å²) in [5, 5.41) is 2.56. The third-order valence-corrected chi connectivity index (χ3v) is 6.97. The number of nitrogens with one attached hydrogen (secondary N) is 1. The monoisotopic (exact) mass is 408 g/mol. The number of benzene rings is 1. The van der Waals surface area contributed by atoms with Crippen LogP contribution in [0.3, 0.4) is 0 Å². The zero-order valence-corrected chi connectivity index (χ0v) is 16.4. The van der Waals surface area contributed by atoms with Crippen molar-refractivity contribution in [2.45, 2.75) is 24.7 Å². The number of amides is 1. The molecule has 7 nitrogen and oxygen atoms in total. The van der Waals surface area contributed by atoms with Crippen molar-refractivity contribution in [3.63, 3.8) is 0 Å². The molecule has 2 heterocycles. The molecule has 0 unspecified atom stereocenters.